The highest BCUT2D eigenvalue weighted by Crippen LogP contribution is 2.44. The summed E-state index contributed by atoms with van der Waals surface area (Å²) in [6.07, 6.45) is 5.24. The van der Waals surface area contributed by atoms with E-state index in [4.69, 9.17) is 4.98 Å². The van der Waals surface area contributed by atoms with Crippen molar-refractivity contribution in [1.29, 1.82) is 0 Å². The highest BCUT2D eigenvalue weighted by Gasteiger charge is 2.54. The zero-order valence-corrected chi connectivity index (χ0v) is 17.4. The number of benzene rings is 1. The van der Waals surface area contributed by atoms with Crippen LogP contribution in [0.1, 0.15) is 10.4 Å². The summed E-state index contributed by atoms with van der Waals surface area (Å²) in [6.45, 7) is 4.24. The Morgan fingerprint density at radius 3 is 2.63 bits per heavy atom. The van der Waals surface area contributed by atoms with Crippen LogP contribution in [-0.4, -0.2) is 77.5 Å². The lowest BCUT2D eigenvalue weighted by molar-refractivity contribution is 0.0765. The molecule has 0 aliphatic carbocycles. The SMILES string of the molecule is CN(C)C[C@@]12CN(C(=O)c3ccncc3)C[C@@H]1CN(c1cnc3ccccc3n1)C2. The first-order valence-corrected chi connectivity index (χ1v) is 10.3. The number of fused-ring (bicyclic) bond motifs is 2. The van der Waals surface area contributed by atoms with E-state index in [9.17, 15) is 4.79 Å². The third kappa shape index (κ3) is 3.29. The third-order valence-corrected chi connectivity index (χ3v) is 6.36. The van der Waals surface area contributed by atoms with Gasteiger partial charge in [-0.2, -0.15) is 0 Å². The first-order chi connectivity index (χ1) is 14.5. The van der Waals surface area contributed by atoms with Gasteiger partial charge in [0, 0.05) is 62.0 Å². The summed E-state index contributed by atoms with van der Waals surface area (Å²) in [5.74, 6) is 1.43. The molecule has 2 aliphatic heterocycles. The van der Waals surface area contributed by atoms with Gasteiger partial charge in [0.05, 0.1) is 17.2 Å². The second kappa shape index (κ2) is 7.32. The lowest BCUT2D eigenvalue weighted by Crippen LogP contribution is -2.43. The minimum absolute atomic E-state index is 0.0273. The van der Waals surface area contributed by atoms with Crippen LogP contribution in [0.25, 0.3) is 11.0 Å². The molecule has 154 valence electrons. The van der Waals surface area contributed by atoms with E-state index in [0.717, 1.165) is 49.6 Å². The van der Waals surface area contributed by atoms with Gasteiger partial charge in [0.1, 0.15) is 5.82 Å². The van der Waals surface area contributed by atoms with Crippen molar-refractivity contribution in [3.63, 3.8) is 0 Å². The number of rotatable bonds is 4. The number of aromatic nitrogens is 3. The van der Waals surface area contributed by atoms with E-state index in [0.29, 0.717) is 11.5 Å². The number of carbonyl (C=O) groups excluding carboxylic acids is 1. The van der Waals surface area contributed by atoms with Crippen LogP contribution in [0.4, 0.5) is 5.82 Å². The molecule has 0 spiro atoms. The fourth-order valence-electron chi connectivity index (χ4n) is 5.14. The second-order valence-electron chi connectivity index (χ2n) is 8.82. The largest absolute Gasteiger partial charge is 0.354 e. The summed E-state index contributed by atoms with van der Waals surface area (Å²) >= 11 is 0. The third-order valence-electron chi connectivity index (χ3n) is 6.36. The fraction of sp³-hybridized carbons (Fsp3) is 0.391. The lowest BCUT2D eigenvalue weighted by atomic mass is 9.80. The smallest absolute Gasteiger partial charge is 0.253 e. The Bertz CT molecular complexity index is 1070. The summed E-state index contributed by atoms with van der Waals surface area (Å²) in [7, 11) is 4.22. The topological polar surface area (TPSA) is 65.5 Å². The number of nitrogens with zero attached hydrogens (tertiary/aromatic N) is 6. The van der Waals surface area contributed by atoms with Gasteiger partial charge in [0.2, 0.25) is 0 Å². The van der Waals surface area contributed by atoms with Crippen LogP contribution in [0.2, 0.25) is 0 Å². The van der Waals surface area contributed by atoms with Gasteiger partial charge in [-0.3, -0.25) is 14.8 Å². The van der Waals surface area contributed by atoms with Crippen LogP contribution >= 0.6 is 0 Å². The monoisotopic (exact) mass is 402 g/mol. The van der Waals surface area contributed by atoms with Crippen molar-refractivity contribution in [2.24, 2.45) is 11.3 Å². The van der Waals surface area contributed by atoms with Crippen molar-refractivity contribution < 1.29 is 4.79 Å². The molecule has 1 aromatic carbocycles. The maximum Gasteiger partial charge on any atom is 0.253 e. The molecular formula is C23H26N6O. The number of hydrogen-bond acceptors (Lipinski definition) is 6. The molecule has 2 saturated heterocycles. The molecule has 0 bridgehead atoms. The molecule has 7 nitrogen and oxygen atoms in total. The summed E-state index contributed by atoms with van der Waals surface area (Å²) in [4.78, 5) is 33.2. The number of anilines is 1. The Hall–Kier alpha value is -3.06. The molecule has 0 radical (unpaired) electrons. The average Bonchev–Trinajstić information content (AvgIpc) is 3.26. The minimum Gasteiger partial charge on any atom is -0.354 e. The lowest BCUT2D eigenvalue weighted by Gasteiger charge is -2.32. The van der Waals surface area contributed by atoms with Crippen LogP contribution < -0.4 is 4.90 Å². The Kier molecular flexibility index (Phi) is 4.62. The normalized spacial score (nSPS) is 23.4. The van der Waals surface area contributed by atoms with Crippen LogP contribution in [0.3, 0.4) is 0 Å². The van der Waals surface area contributed by atoms with Crippen LogP contribution in [0, 0.1) is 11.3 Å². The predicted molar refractivity (Wildman–Crippen MR) is 116 cm³/mol. The number of pyridine rings is 1. The van der Waals surface area contributed by atoms with Gasteiger partial charge in [-0.25, -0.2) is 4.98 Å². The molecule has 0 unspecified atom stereocenters. The predicted octanol–water partition coefficient (Wildman–Crippen LogP) is 2.16. The molecule has 2 fully saturated rings. The standard InChI is InChI=1S/C23H26N6O/c1-27(2)14-23-15-28(21-11-25-19-5-3-4-6-20(19)26-21)12-18(23)13-29(16-23)22(30)17-7-9-24-10-8-17/h3-11,18H,12-16H2,1-2H3/t18-,23+/m0/s1. The highest BCUT2D eigenvalue weighted by molar-refractivity contribution is 5.94. The minimum atomic E-state index is 0.0273. The molecule has 4 heterocycles. The van der Waals surface area contributed by atoms with E-state index in [1.165, 1.54) is 0 Å². The molecule has 30 heavy (non-hydrogen) atoms. The molecule has 5 rings (SSSR count). The Labute approximate surface area is 176 Å². The number of hydrogen-bond donors (Lipinski definition) is 0. The van der Waals surface area contributed by atoms with Gasteiger partial charge in [0.15, 0.2) is 0 Å². The molecule has 0 N–H and O–H groups in total. The quantitative estimate of drug-likeness (QED) is 0.666. The van der Waals surface area contributed by atoms with Crippen molar-refractivity contribution in [2.45, 2.75) is 0 Å². The highest BCUT2D eigenvalue weighted by atomic mass is 16.2. The molecule has 7 heteroatoms. The molecular weight excluding hydrogens is 376 g/mol. The van der Waals surface area contributed by atoms with E-state index in [1.807, 2.05) is 35.4 Å². The Balaban J connectivity index is 1.40. The molecule has 3 aromatic rings. The maximum absolute atomic E-state index is 13.1. The van der Waals surface area contributed by atoms with E-state index < -0.39 is 0 Å². The zero-order chi connectivity index (χ0) is 20.7. The second-order valence-corrected chi connectivity index (χ2v) is 8.82. The van der Waals surface area contributed by atoms with Gasteiger partial charge >= 0.3 is 0 Å². The summed E-state index contributed by atoms with van der Waals surface area (Å²) in [5.41, 5.74) is 2.57. The molecule has 2 atom stereocenters. The van der Waals surface area contributed by atoms with Crippen molar-refractivity contribution in [3.05, 3.63) is 60.6 Å². The first-order valence-electron chi connectivity index (χ1n) is 10.3. The molecule has 2 aliphatic rings. The van der Waals surface area contributed by atoms with Crippen LogP contribution in [0.5, 0.6) is 0 Å². The van der Waals surface area contributed by atoms with Crippen molar-refractivity contribution in [3.8, 4) is 0 Å². The van der Waals surface area contributed by atoms with E-state index in [1.54, 1.807) is 24.5 Å². The average molecular weight is 403 g/mol. The van der Waals surface area contributed by atoms with Gasteiger partial charge < -0.3 is 14.7 Å². The molecule has 0 saturated carbocycles. The number of amides is 1. The van der Waals surface area contributed by atoms with Crippen molar-refractivity contribution >= 4 is 22.8 Å². The zero-order valence-electron chi connectivity index (χ0n) is 17.4. The summed E-state index contributed by atoms with van der Waals surface area (Å²) < 4.78 is 0. The Morgan fingerprint density at radius 1 is 1.10 bits per heavy atom. The molecule has 2 aromatic heterocycles. The van der Waals surface area contributed by atoms with Gasteiger partial charge in [-0.05, 0) is 38.4 Å². The van der Waals surface area contributed by atoms with Crippen molar-refractivity contribution in [2.75, 3.05) is 51.7 Å². The number of para-hydroxylation sites is 2. The van der Waals surface area contributed by atoms with Gasteiger partial charge in [0.25, 0.3) is 5.91 Å². The van der Waals surface area contributed by atoms with Gasteiger partial charge in [-0.15, -0.1) is 0 Å². The van der Waals surface area contributed by atoms with Crippen LogP contribution in [0.15, 0.2) is 55.0 Å². The number of carbonyl (C=O) groups is 1. The van der Waals surface area contributed by atoms with Crippen molar-refractivity contribution in [1.82, 2.24) is 24.8 Å². The van der Waals surface area contributed by atoms with Crippen LogP contribution in [-0.2, 0) is 0 Å². The van der Waals surface area contributed by atoms with E-state index >= 15 is 0 Å². The van der Waals surface area contributed by atoms with Gasteiger partial charge in [-0.1, -0.05) is 12.1 Å². The maximum atomic E-state index is 13.1. The Morgan fingerprint density at radius 2 is 1.87 bits per heavy atom. The van der Waals surface area contributed by atoms with E-state index in [2.05, 4.69) is 33.9 Å². The van der Waals surface area contributed by atoms with E-state index in [-0.39, 0.29) is 11.3 Å². The fourth-order valence-corrected chi connectivity index (χ4v) is 5.14. The number of likely N-dealkylation sites (tertiary alicyclic amines) is 1. The molecule has 1 amide bonds. The summed E-state index contributed by atoms with van der Waals surface area (Å²) in [6, 6.07) is 11.6. The summed E-state index contributed by atoms with van der Waals surface area (Å²) in [5, 5.41) is 0. The first kappa shape index (κ1) is 18.9.